The number of carbonyl (C=O) groups is 1. The second kappa shape index (κ2) is 6.23. The van der Waals surface area contributed by atoms with E-state index >= 15 is 0 Å². The molecular weight excluding hydrogens is 306 g/mol. The van der Waals surface area contributed by atoms with E-state index in [0.717, 1.165) is 16.9 Å². The Labute approximate surface area is 138 Å². The predicted molar refractivity (Wildman–Crippen MR) is 94.5 cm³/mol. The molecule has 0 saturated heterocycles. The number of oxazole rings is 1. The topological polar surface area (TPSA) is 87.1 Å². The zero-order chi connectivity index (χ0) is 17.3. The number of H-pyrrole nitrogens is 1. The van der Waals surface area contributed by atoms with Crippen LogP contribution in [0.2, 0.25) is 0 Å². The fourth-order valence-electron chi connectivity index (χ4n) is 2.43. The van der Waals surface area contributed by atoms with Crippen molar-refractivity contribution in [2.75, 3.05) is 10.6 Å². The number of hydrogen-bond acceptors (Lipinski definition) is 4. The fraction of sp³-hybridized carbons (Fsp3) is 0.222. The van der Waals surface area contributed by atoms with E-state index in [2.05, 4.69) is 15.6 Å². The van der Waals surface area contributed by atoms with Gasteiger partial charge in [-0.1, -0.05) is 6.07 Å². The van der Waals surface area contributed by atoms with Crippen LogP contribution in [0.4, 0.5) is 11.4 Å². The molecule has 3 N–H and O–H groups in total. The molecule has 0 aliphatic heterocycles. The van der Waals surface area contributed by atoms with Gasteiger partial charge in [-0.15, -0.1) is 0 Å². The number of aromatic nitrogens is 1. The van der Waals surface area contributed by atoms with Gasteiger partial charge in [0.05, 0.1) is 5.52 Å². The normalized spacial score (nSPS) is 12.1. The van der Waals surface area contributed by atoms with E-state index in [1.807, 2.05) is 32.0 Å². The summed E-state index contributed by atoms with van der Waals surface area (Å²) in [7, 11) is 0. The van der Waals surface area contributed by atoms with Crippen LogP contribution in [-0.4, -0.2) is 16.9 Å². The molecule has 0 aliphatic carbocycles. The summed E-state index contributed by atoms with van der Waals surface area (Å²) in [4.78, 5) is 26.1. The Bertz CT molecular complexity index is 956. The average Bonchev–Trinajstić information content (AvgIpc) is 2.90. The molecule has 24 heavy (non-hydrogen) atoms. The molecule has 0 fully saturated rings. The van der Waals surface area contributed by atoms with Crippen LogP contribution in [0, 0.1) is 13.8 Å². The van der Waals surface area contributed by atoms with Crippen LogP contribution in [0.15, 0.2) is 45.6 Å². The highest BCUT2D eigenvalue weighted by molar-refractivity contribution is 5.96. The van der Waals surface area contributed by atoms with Crippen LogP contribution < -0.4 is 16.4 Å². The molecule has 2 aromatic carbocycles. The minimum absolute atomic E-state index is 0.140. The van der Waals surface area contributed by atoms with E-state index in [1.165, 1.54) is 5.56 Å². The summed E-state index contributed by atoms with van der Waals surface area (Å²) < 4.78 is 4.96. The van der Waals surface area contributed by atoms with E-state index in [0.29, 0.717) is 11.1 Å². The minimum atomic E-state index is -0.498. The van der Waals surface area contributed by atoms with Crippen molar-refractivity contribution in [2.45, 2.75) is 26.8 Å². The quantitative estimate of drug-likeness (QED) is 0.687. The van der Waals surface area contributed by atoms with E-state index in [9.17, 15) is 9.59 Å². The van der Waals surface area contributed by atoms with Crippen molar-refractivity contribution in [3.63, 3.8) is 0 Å². The van der Waals surface area contributed by atoms with E-state index in [1.54, 1.807) is 25.1 Å². The third kappa shape index (κ3) is 3.32. The van der Waals surface area contributed by atoms with Gasteiger partial charge < -0.3 is 15.1 Å². The van der Waals surface area contributed by atoms with Gasteiger partial charge in [-0.25, -0.2) is 4.79 Å². The van der Waals surface area contributed by atoms with Crippen molar-refractivity contribution in [1.29, 1.82) is 0 Å². The highest BCUT2D eigenvalue weighted by Crippen LogP contribution is 2.18. The maximum atomic E-state index is 12.3. The third-order valence-electron chi connectivity index (χ3n) is 3.97. The van der Waals surface area contributed by atoms with Crippen LogP contribution >= 0.6 is 0 Å². The number of aromatic amines is 1. The van der Waals surface area contributed by atoms with Gasteiger partial charge in [0.25, 0.3) is 0 Å². The second-order valence-electron chi connectivity index (χ2n) is 5.88. The third-order valence-corrected chi connectivity index (χ3v) is 3.97. The summed E-state index contributed by atoms with van der Waals surface area (Å²) in [6.45, 7) is 5.81. The maximum Gasteiger partial charge on any atom is 0.417 e. The van der Waals surface area contributed by atoms with Gasteiger partial charge in [0.2, 0.25) is 5.91 Å². The van der Waals surface area contributed by atoms with Crippen LogP contribution in [0.3, 0.4) is 0 Å². The number of hydrogen-bond donors (Lipinski definition) is 3. The molecule has 0 saturated carbocycles. The largest absolute Gasteiger partial charge is 0.417 e. The summed E-state index contributed by atoms with van der Waals surface area (Å²) in [6.07, 6.45) is 0. The minimum Gasteiger partial charge on any atom is -0.408 e. The van der Waals surface area contributed by atoms with Gasteiger partial charge in [0.1, 0.15) is 6.04 Å². The molecule has 1 aromatic heterocycles. The summed E-state index contributed by atoms with van der Waals surface area (Å²) in [5.74, 6) is -0.637. The van der Waals surface area contributed by atoms with Gasteiger partial charge in [0.15, 0.2) is 5.58 Å². The van der Waals surface area contributed by atoms with Gasteiger partial charge in [-0.05, 0) is 62.2 Å². The first kappa shape index (κ1) is 15.9. The zero-order valence-electron chi connectivity index (χ0n) is 13.8. The lowest BCUT2D eigenvalue weighted by Crippen LogP contribution is -2.31. The number of benzene rings is 2. The number of anilines is 2. The van der Waals surface area contributed by atoms with Crippen molar-refractivity contribution in [1.82, 2.24) is 4.98 Å². The van der Waals surface area contributed by atoms with Crippen molar-refractivity contribution in [3.05, 3.63) is 58.1 Å². The molecule has 1 atom stereocenters. The molecule has 0 bridgehead atoms. The fourth-order valence-corrected chi connectivity index (χ4v) is 2.43. The number of nitrogens with one attached hydrogen (secondary N) is 3. The van der Waals surface area contributed by atoms with E-state index in [-0.39, 0.29) is 5.91 Å². The number of aryl methyl sites for hydroxylation is 2. The SMILES string of the molecule is Cc1ccc(NC(=O)[C@H](C)Nc2ccc3oc(=O)[nH]c3c2)cc1C. The molecule has 1 amide bonds. The molecule has 6 heteroatoms. The number of amides is 1. The lowest BCUT2D eigenvalue weighted by Gasteiger charge is -2.16. The smallest absolute Gasteiger partial charge is 0.408 e. The first-order valence-corrected chi connectivity index (χ1v) is 7.70. The molecule has 3 aromatic rings. The Morgan fingerprint density at radius 3 is 2.58 bits per heavy atom. The predicted octanol–water partition coefficient (Wildman–Crippen LogP) is 3.18. The highest BCUT2D eigenvalue weighted by Gasteiger charge is 2.14. The molecule has 0 radical (unpaired) electrons. The Balaban J connectivity index is 1.70. The molecule has 0 spiro atoms. The molecule has 124 valence electrons. The second-order valence-corrected chi connectivity index (χ2v) is 5.88. The molecule has 0 aliphatic rings. The van der Waals surface area contributed by atoms with Crippen LogP contribution in [-0.2, 0) is 4.79 Å². The maximum absolute atomic E-state index is 12.3. The van der Waals surface area contributed by atoms with E-state index < -0.39 is 11.8 Å². The highest BCUT2D eigenvalue weighted by atomic mass is 16.4. The van der Waals surface area contributed by atoms with Crippen LogP contribution in [0.5, 0.6) is 0 Å². The molecule has 0 unspecified atom stereocenters. The van der Waals surface area contributed by atoms with Crippen molar-refractivity contribution in [2.24, 2.45) is 0 Å². The van der Waals surface area contributed by atoms with Gasteiger partial charge in [-0.3, -0.25) is 9.78 Å². The van der Waals surface area contributed by atoms with Crippen LogP contribution in [0.1, 0.15) is 18.1 Å². The zero-order valence-corrected chi connectivity index (χ0v) is 13.8. The molecule has 3 rings (SSSR count). The molecule has 6 nitrogen and oxygen atoms in total. The van der Waals surface area contributed by atoms with Gasteiger partial charge in [-0.2, -0.15) is 0 Å². The van der Waals surface area contributed by atoms with Crippen molar-refractivity contribution >= 4 is 28.4 Å². The standard InChI is InChI=1S/C18H19N3O3/c1-10-4-5-13(8-11(10)2)20-17(22)12(3)19-14-6-7-16-15(9-14)21-18(23)24-16/h4-9,12,19H,1-3H3,(H,20,22)(H,21,23)/t12-/m0/s1. The Morgan fingerprint density at radius 2 is 1.83 bits per heavy atom. The lowest BCUT2D eigenvalue weighted by molar-refractivity contribution is -0.116. The monoisotopic (exact) mass is 325 g/mol. The Morgan fingerprint density at radius 1 is 1.08 bits per heavy atom. The summed E-state index contributed by atoms with van der Waals surface area (Å²) in [6, 6.07) is 10.6. The number of fused-ring (bicyclic) bond motifs is 1. The molecule has 1 heterocycles. The first-order chi connectivity index (χ1) is 11.4. The summed E-state index contributed by atoms with van der Waals surface area (Å²) in [5.41, 5.74) is 4.88. The summed E-state index contributed by atoms with van der Waals surface area (Å²) >= 11 is 0. The average molecular weight is 325 g/mol. The first-order valence-electron chi connectivity index (χ1n) is 7.70. The Hall–Kier alpha value is -3.02. The van der Waals surface area contributed by atoms with Gasteiger partial charge >= 0.3 is 5.76 Å². The lowest BCUT2D eigenvalue weighted by atomic mass is 10.1. The van der Waals surface area contributed by atoms with E-state index in [4.69, 9.17) is 4.42 Å². The van der Waals surface area contributed by atoms with Crippen molar-refractivity contribution in [3.8, 4) is 0 Å². The number of rotatable bonds is 4. The van der Waals surface area contributed by atoms with Crippen molar-refractivity contribution < 1.29 is 9.21 Å². The molecular formula is C18H19N3O3. The van der Waals surface area contributed by atoms with Gasteiger partial charge in [0, 0.05) is 11.4 Å². The number of carbonyl (C=O) groups excluding carboxylic acids is 1. The Kier molecular flexibility index (Phi) is 4.12. The summed E-state index contributed by atoms with van der Waals surface area (Å²) in [5, 5.41) is 6.01. The van der Waals surface area contributed by atoms with Crippen LogP contribution in [0.25, 0.3) is 11.1 Å².